The molecule has 7 rings (SSSR count). The van der Waals surface area contributed by atoms with Crippen LogP contribution in [0.4, 0.5) is 0 Å². The quantitative estimate of drug-likeness (QED) is 0.280. The summed E-state index contributed by atoms with van der Waals surface area (Å²) in [5.74, 6) is 0.0183. The van der Waals surface area contributed by atoms with Gasteiger partial charge in [0, 0.05) is 29.6 Å². The molecule has 5 saturated carbocycles. The molecule has 2 saturated heterocycles. The van der Waals surface area contributed by atoms with Crippen molar-refractivity contribution in [1.29, 1.82) is 0 Å². The molecule has 0 amide bonds. The monoisotopic (exact) mass is 630 g/mol. The number of fused-ring (bicyclic) bond motifs is 3. The Morgan fingerprint density at radius 2 is 1.60 bits per heavy atom. The third-order valence-electron chi connectivity index (χ3n) is 15.6. The summed E-state index contributed by atoms with van der Waals surface area (Å²) in [5, 5.41) is 23.5. The van der Waals surface area contributed by atoms with Gasteiger partial charge in [0.15, 0.2) is 6.29 Å². The largest absolute Gasteiger partial charge is 0.459 e. The molecule has 0 bridgehead atoms. The molecule has 7 fully saturated rings. The maximum absolute atomic E-state index is 13.3. The molecule has 2 N–H and O–H groups in total. The van der Waals surface area contributed by atoms with Crippen molar-refractivity contribution in [3.05, 3.63) is 0 Å². The first-order valence-electron chi connectivity index (χ1n) is 17.9. The molecule has 14 atom stereocenters. The van der Waals surface area contributed by atoms with Crippen molar-refractivity contribution < 1.29 is 38.7 Å². The molecular weight excluding hydrogens is 572 g/mol. The van der Waals surface area contributed by atoms with Crippen LogP contribution in [0.1, 0.15) is 120 Å². The third kappa shape index (κ3) is 4.22. The van der Waals surface area contributed by atoms with Crippen molar-refractivity contribution in [1.82, 2.24) is 0 Å². The van der Waals surface area contributed by atoms with Crippen molar-refractivity contribution in [2.75, 3.05) is 0 Å². The van der Waals surface area contributed by atoms with Crippen LogP contribution in [0.15, 0.2) is 0 Å². The van der Waals surface area contributed by atoms with E-state index in [9.17, 15) is 19.8 Å². The highest BCUT2D eigenvalue weighted by atomic mass is 16.7. The highest BCUT2D eigenvalue weighted by Gasteiger charge is 2.86. The van der Waals surface area contributed by atoms with Crippen molar-refractivity contribution >= 4 is 11.9 Å². The van der Waals surface area contributed by atoms with E-state index < -0.39 is 30.4 Å². The first-order valence-corrected chi connectivity index (χ1v) is 17.9. The van der Waals surface area contributed by atoms with Crippen molar-refractivity contribution in [2.45, 2.75) is 163 Å². The van der Waals surface area contributed by atoms with E-state index in [4.69, 9.17) is 18.9 Å². The number of ether oxygens (including phenoxy) is 4. The summed E-state index contributed by atoms with van der Waals surface area (Å²) in [6.07, 6.45) is 6.58. The van der Waals surface area contributed by atoms with Gasteiger partial charge in [-0.1, -0.05) is 41.5 Å². The number of esters is 2. The molecule has 45 heavy (non-hydrogen) atoms. The Kier molecular flexibility index (Phi) is 7.12. The van der Waals surface area contributed by atoms with Crippen LogP contribution in [0.5, 0.6) is 0 Å². The van der Waals surface area contributed by atoms with Gasteiger partial charge in [0.2, 0.25) is 6.10 Å². The van der Waals surface area contributed by atoms with E-state index in [1.165, 1.54) is 6.92 Å². The van der Waals surface area contributed by atoms with Gasteiger partial charge < -0.3 is 29.2 Å². The lowest BCUT2D eigenvalue weighted by atomic mass is 9.37. The number of carbonyl (C=O) groups excluding carboxylic acids is 2. The van der Waals surface area contributed by atoms with Gasteiger partial charge in [0.05, 0.1) is 17.8 Å². The molecule has 2 aliphatic heterocycles. The van der Waals surface area contributed by atoms with Gasteiger partial charge in [-0.2, -0.15) is 0 Å². The van der Waals surface area contributed by atoms with E-state index in [0.717, 1.165) is 51.4 Å². The number of carbonyl (C=O) groups is 2. The summed E-state index contributed by atoms with van der Waals surface area (Å²) in [7, 11) is 0. The highest BCUT2D eigenvalue weighted by Crippen LogP contribution is 2.91. The molecule has 8 nitrogen and oxygen atoms in total. The molecule has 5 aliphatic carbocycles. The van der Waals surface area contributed by atoms with Crippen molar-refractivity contribution in [2.24, 2.45) is 56.7 Å². The van der Waals surface area contributed by atoms with Gasteiger partial charge in [0.25, 0.3) is 0 Å². The summed E-state index contributed by atoms with van der Waals surface area (Å²) in [5.41, 5.74) is -0.383. The van der Waals surface area contributed by atoms with E-state index in [0.29, 0.717) is 18.3 Å². The molecule has 0 spiro atoms. The van der Waals surface area contributed by atoms with Crippen LogP contribution in [0.25, 0.3) is 0 Å². The number of hydrogen-bond acceptors (Lipinski definition) is 8. The molecule has 8 heteroatoms. The van der Waals surface area contributed by atoms with Crippen LogP contribution in [-0.4, -0.2) is 64.6 Å². The number of rotatable bonds is 6. The normalized spacial score (nSPS) is 52.6. The average molecular weight is 631 g/mol. The molecule has 0 aromatic heterocycles. The van der Waals surface area contributed by atoms with Crippen molar-refractivity contribution in [3.63, 3.8) is 0 Å². The van der Waals surface area contributed by atoms with E-state index in [-0.39, 0.29) is 68.7 Å². The first kappa shape index (κ1) is 32.3. The summed E-state index contributed by atoms with van der Waals surface area (Å²) >= 11 is 0. The smallest absolute Gasteiger partial charge is 0.348 e. The van der Waals surface area contributed by atoms with Gasteiger partial charge >= 0.3 is 11.9 Å². The summed E-state index contributed by atoms with van der Waals surface area (Å²) in [6.45, 7) is 18.6. The maximum atomic E-state index is 13.3. The summed E-state index contributed by atoms with van der Waals surface area (Å²) in [4.78, 5) is 25.0. The molecule has 0 unspecified atom stereocenters. The lowest BCUT2D eigenvalue weighted by molar-refractivity contribution is -0.248. The molecule has 254 valence electrons. The second kappa shape index (κ2) is 9.92. The van der Waals surface area contributed by atoms with E-state index in [1.54, 1.807) is 0 Å². The van der Waals surface area contributed by atoms with Gasteiger partial charge in [0.1, 0.15) is 12.2 Å². The number of epoxide rings is 1. The zero-order valence-corrected chi connectivity index (χ0v) is 29.1. The van der Waals surface area contributed by atoms with E-state index >= 15 is 0 Å². The fourth-order valence-corrected chi connectivity index (χ4v) is 13.4. The second-order valence-corrected chi connectivity index (χ2v) is 18.4. The standard InChI is InChI=1S/C37H58O8/c1-19(2)28(42-20(3)38)31(41)44-27-12-13-34(8)24-11-14-36-18-37(36,35(24,9)26(39)17-25(34)32(27,4)5)15-10-22(36)21-16-23(43-30(21)40)29-33(6,7)45-29/h19,21-30,39-40H,10-18H2,1-9H3/t21-,22-,23+,24+,25-,26+,27-,28-,29+,30-,34+,35-,36+,37+/m0/s1. The lowest BCUT2D eigenvalue weighted by Crippen LogP contribution is -2.66. The molecule has 0 radical (unpaired) electrons. The predicted molar refractivity (Wildman–Crippen MR) is 166 cm³/mol. The Bertz CT molecular complexity index is 1240. The first-order chi connectivity index (χ1) is 20.9. The van der Waals surface area contributed by atoms with Gasteiger partial charge in [-0.05, 0) is 106 Å². The van der Waals surface area contributed by atoms with Crippen LogP contribution >= 0.6 is 0 Å². The predicted octanol–water partition coefficient (Wildman–Crippen LogP) is 5.80. The van der Waals surface area contributed by atoms with E-state index in [1.807, 2.05) is 13.8 Å². The second-order valence-electron chi connectivity index (χ2n) is 18.4. The SMILES string of the molecule is CC(=O)O[C@H](C(=O)O[C@H]1CC[C@]2(C)[C@H]3CC[C@]45C[C@]4(CC[C@H]5[C@@H]4C[C@H]([C@H]5OC5(C)C)O[C@@H]4O)[C@]3(C)[C@H](O)C[C@H]2C1(C)C)C(C)C. The number of aliphatic hydroxyl groups excluding tert-OH is 2. The van der Waals surface area contributed by atoms with Crippen molar-refractivity contribution in [3.8, 4) is 0 Å². The summed E-state index contributed by atoms with van der Waals surface area (Å²) < 4.78 is 23.6. The summed E-state index contributed by atoms with van der Waals surface area (Å²) in [6, 6.07) is 0. The Morgan fingerprint density at radius 3 is 2.22 bits per heavy atom. The van der Waals surface area contributed by atoms with Gasteiger partial charge in [-0.15, -0.1) is 0 Å². The molecule has 2 heterocycles. The Morgan fingerprint density at radius 1 is 0.911 bits per heavy atom. The third-order valence-corrected chi connectivity index (χ3v) is 15.6. The number of hydrogen-bond donors (Lipinski definition) is 2. The Hall–Kier alpha value is -1.22. The van der Waals surface area contributed by atoms with Crippen LogP contribution in [0, 0.1) is 56.7 Å². The average Bonchev–Trinajstić information content (AvgIpc) is 3.69. The number of aliphatic hydroxyl groups is 2. The van der Waals surface area contributed by atoms with Crippen LogP contribution < -0.4 is 0 Å². The Labute approximate surface area is 269 Å². The van der Waals surface area contributed by atoms with Crippen LogP contribution in [0.3, 0.4) is 0 Å². The molecule has 0 aromatic rings. The fourth-order valence-electron chi connectivity index (χ4n) is 13.4. The minimum absolute atomic E-state index is 0.0191. The highest BCUT2D eigenvalue weighted by molar-refractivity contribution is 5.79. The zero-order valence-electron chi connectivity index (χ0n) is 29.1. The van der Waals surface area contributed by atoms with E-state index in [2.05, 4.69) is 41.5 Å². The van der Waals surface area contributed by atoms with Crippen LogP contribution in [-0.2, 0) is 28.5 Å². The topological polar surface area (TPSA) is 115 Å². The Balaban J connectivity index is 1.11. The molecular formula is C37H58O8. The maximum Gasteiger partial charge on any atom is 0.348 e. The minimum Gasteiger partial charge on any atom is -0.459 e. The molecule has 0 aromatic carbocycles. The zero-order chi connectivity index (χ0) is 32.7. The van der Waals surface area contributed by atoms with Gasteiger partial charge in [-0.25, -0.2) is 4.79 Å². The minimum atomic E-state index is -0.912. The van der Waals surface area contributed by atoms with Gasteiger partial charge in [-0.3, -0.25) is 4.79 Å². The molecule has 7 aliphatic rings. The van der Waals surface area contributed by atoms with Crippen LogP contribution in [0.2, 0.25) is 0 Å². The fraction of sp³-hybridized carbons (Fsp3) is 0.946. The lowest BCUT2D eigenvalue weighted by Gasteiger charge is -2.68.